The van der Waals surface area contributed by atoms with Crippen LogP contribution in [-0.4, -0.2) is 31.6 Å². The van der Waals surface area contributed by atoms with Crippen molar-refractivity contribution < 1.29 is 0 Å². The minimum Gasteiger partial charge on any atom is -0.341 e. The Bertz CT molecular complexity index is 604. The van der Waals surface area contributed by atoms with Gasteiger partial charge < -0.3 is 9.80 Å². The van der Waals surface area contributed by atoms with Crippen LogP contribution in [0, 0.1) is 19.8 Å². The molecule has 0 saturated carbocycles. The molecule has 1 atom stereocenters. The van der Waals surface area contributed by atoms with E-state index in [1.807, 2.05) is 0 Å². The van der Waals surface area contributed by atoms with Crippen molar-refractivity contribution in [1.29, 1.82) is 0 Å². The van der Waals surface area contributed by atoms with Crippen molar-refractivity contribution in [2.24, 2.45) is 5.92 Å². The number of likely N-dealkylation sites (tertiary alicyclic amines) is 1. The van der Waals surface area contributed by atoms with Gasteiger partial charge in [0.25, 0.3) is 0 Å². The minimum absolute atomic E-state index is 0.730. The highest BCUT2D eigenvalue weighted by Crippen LogP contribution is 2.32. The van der Waals surface area contributed by atoms with Crippen LogP contribution < -0.4 is 4.90 Å². The predicted molar refractivity (Wildman–Crippen MR) is 99.6 cm³/mol. The fourth-order valence-electron chi connectivity index (χ4n) is 3.74. The minimum atomic E-state index is 0.730. The van der Waals surface area contributed by atoms with Gasteiger partial charge in [-0.15, -0.1) is 0 Å². The van der Waals surface area contributed by atoms with Crippen LogP contribution in [0.25, 0.3) is 0 Å². The molecule has 2 aromatic rings. The second kappa shape index (κ2) is 7.18. The number of hydrogen-bond donors (Lipinski definition) is 0. The first-order chi connectivity index (χ1) is 11.1. The maximum absolute atomic E-state index is 2.54. The molecule has 1 saturated heterocycles. The summed E-state index contributed by atoms with van der Waals surface area (Å²) >= 11 is 0. The molecule has 0 N–H and O–H groups in total. The third-order valence-corrected chi connectivity index (χ3v) is 4.98. The van der Waals surface area contributed by atoms with Gasteiger partial charge in [0.2, 0.25) is 0 Å². The van der Waals surface area contributed by atoms with E-state index in [9.17, 15) is 0 Å². The molecule has 0 spiro atoms. The molecular formula is C21H28N2. The monoisotopic (exact) mass is 308 g/mol. The van der Waals surface area contributed by atoms with Crippen molar-refractivity contribution in [3.63, 3.8) is 0 Å². The van der Waals surface area contributed by atoms with Crippen LogP contribution in [0.1, 0.15) is 24.0 Å². The third kappa shape index (κ3) is 3.76. The highest BCUT2D eigenvalue weighted by Gasteiger charge is 2.22. The molecule has 23 heavy (non-hydrogen) atoms. The highest BCUT2D eigenvalue weighted by molar-refractivity contribution is 5.68. The largest absolute Gasteiger partial charge is 0.341 e. The second-order valence-electron chi connectivity index (χ2n) is 6.95. The van der Waals surface area contributed by atoms with Gasteiger partial charge in [-0.1, -0.05) is 36.4 Å². The molecule has 0 aliphatic carbocycles. The number of rotatable bonds is 4. The molecule has 1 aliphatic rings. The van der Waals surface area contributed by atoms with Crippen molar-refractivity contribution >= 4 is 11.4 Å². The molecule has 2 aromatic carbocycles. The van der Waals surface area contributed by atoms with Crippen molar-refractivity contribution in [2.75, 3.05) is 31.6 Å². The maximum Gasteiger partial charge on any atom is 0.0440 e. The van der Waals surface area contributed by atoms with Crippen molar-refractivity contribution in [3.05, 3.63) is 59.7 Å². The van der Waals surface area contributed by atoms with E-state index in [0.29, 0.717) is 0 Å². The normalized spacial score (nSPS) is 18.8. The molecular weight excluding hydrogens is 280 g/mol. The lowest BCUT2D eigenvalue weighted by Crippen LogP contribution is -2.38. The predicted octanol–water partition coefficient (Wildman–Crippen LogP) is 4.78. The zero-order valence-corrected chi connectivity index (χ0v) is 14.6. The van der Waals surface area contributed by atoms with Crippen LogP contribution in [0.4, 0.5) is 11.4 Å². The zero-order chi connectivity index (χ0) is 16.2. The fourth-order valence-corrected chi connectivity index (χ4v) is 3.74. The Labute approximate surface area is 140 Å². The Morgan fingerprint density at radius 3 is 2.04 bits per heavy atom. The van der Waals surface area contributed by atoms with E-state index < -0.39 is 0 Å². The van der Waals surface area contributed by atoms with Crippen LogP contribution >= 0.6 is 0 Å². The quantitative estimate of drug-likeness (QED) is 0.802. The van der Waals surface area contributed by atoms with E-state index in [1.165, 1.54) is 48.4 Å². The Kier molecular flexibility index (Phi) is 5.02. The van der Waals surface area contributed by atoms with E-state index in [2.05, 4.69) is 79.2 Å². The SMILES string of the molecule is Cc1ccccc1N(CC1CCCN(C)C1)c1ccccc1C. The smallest absolute Gasteiger partial charge is 0.0440 e. The number of anilines is 2. The summed E-state index contributed by atoms with van der Waals surface area (Å²) in [6.07, 6.45) is 2.65. The third-order valence-electron chi connectivity index (χ3n) is 4.98. The Morgan fingerprint density at radius 2 is 1.52 bits per heavy atom. The summed E-state index contributed by atoms with van der Waals surface area (Å²) in [5.74, 6) is 0.730. The molecule has 122 valence electrons. The molecule has 1 fully saturated rings. The standard InChI is InChI=1S/C21H28N2/c1-17-9-4-6-12-20(17)23(21-13-7-5-10-18(21)2)16-19-11-8-14-22(3)15-19/h4-7,9-10,12-13,19H,8,11,14-16H2,1-3H3. The number of hydrogen-bond acceptors (Lipinski definition) is 2. The number of benzene rings is 2. The first kappa shape index (κ1) is 16.1. The van der Waals surface area contributed by atoms with Crippen LogP contribution in [-0.2, 0) is 0 Å². The van der Waals surface area contributed by atoms with Crippen molar-refractivity contribution in [2.45, 2.75) is 26.7 Å². The molecule has 0 aromatic heterocycles. The summed E-state index contributed by atoms with van der Waals surface area (Å²) in [7, 11) is 2.25. The molecule has 2 nitrogen and oxygen atoms in total. The van der Waals surface area contributed by atoms with Crippen LogP contribution in [0.5, 0.6) is 0 Å². The average molecular weight is 308 g/mol. The number of piperidine rings is 1. The van der Waals surface area contributed by atoms with Gasteiger partial charge in [0, 0.05) is 24.5 Å². The van der Waals surface area contributed by atoms with Crippen LogP contribution in [0.3, 0.4) is 0 Å². The first-order valence-electron chi connectivity index (χ1n) is 8.72. The van der Waals surface area contributed by atoms with Crippen LogP contribution in [0.15, 0.2) is 48.5 Å². The highest BCUT2D eigenvalue weighted by atomic mass is 15.2. The molecule has 1 aliphatic heterocycles. The van der Waals surface area contributed by atoms with E-state index in [0.717, 1.165) is 12.5 Å². The van der Waals surface area contributed by atoms with Gasteiger partial charge in [-0.2, -0.15) is 0 Å². The molecule has 0 radical (unpaired) electrons. The molecule has 3 rings (SSSR count). The van der Waals surface area contributed by atoms with Gasteiger partial charge in [-0.3, -0.25) is 0 Å². The molecule has 0 bridgehead atoms. The second-order valence-corrected chi connectivity index (χ2v) is 6.95. The lowest BCUT2D eigenvalue weighted by atomic mass is 9.96. The van der Waals surface area contributed by atoms with Gasteiger partial charge in [0.15, 0.2) is 0 Å². The Hall–Kier alpha value is -1.80. The summed E-state index contributed by atoms with van der Waals surface area (Å²) < 4.78 is 0. The van der Waals surface area contributed by atoms with E-state index in [1.54, 1.807) is 0 Å². The Balaban J connectivity index is 1.94. The Morgan fingerprint density at radius 1 is 0.957 bits per heavy atom. The first-order valence-corrected chi connectivity index (χ1v) is 8.72. The molecule has 0 amide bonds. The van der Waals surface area contributed by atoms with Gasteiger partial charge >= 0.3 is 0 Å². The average Bonchev–Trinajstić information content (AvgIpc) is 2.54. The summed E-state index contributed by atoms with van der Waals surface area (Å²) in [4.78, 5) is 5.01. The van der Waals surface area contributed by atoms with E-state index in [4.69, 9.17) is 0 Å². The number of para-hydroxylation sites is 2. The van der Waals surface area contributed by atoms with E-state index >= 15 is 0 Å². The fraction of sp³-hybridized carbons (Fsp3) is 0.429. The summed E-state index contributed by atoms with van der Waals surface area (Å²) in [5.41, 5.74) is 5.38. The van der Waals surface area contributed by atoms with Gasteiger partial charge in [-0.25, -0.2) is 0 Å². The maximum atomic E-state index is 2.54. The lowest BCUT2D eigenvalue weighted by molar-refractivity contribution is 0.214. The van der Waals surface area contributed by atoms with Gasteiger partial charge in [-0.05, 0) is 69.5 Å². The summed E-state index contributed by atoms with van der Waals surface area (Å²) in [6.45, 7) is 7.97. The summed E-state index contributed by atoms with van der Waals surface area (Å²) in [6, 6.07) is 17.5. The topological polar surface area (TPSA) is 6.48 Å². The number of aryl methyl sites for hydroxylation is 2. The van der Waals surface area contributed by atoms with E-state index in [-0.39, 0.29) is 0 Å². The molecule has 1 heterocycles. The van der Waals surface area contributed by atoms with Crippen LogP contribution in [0.2, 0.25) is 0 Å². The summed E-state index contributed by atoms with van der Waals surface area (Å²) in [5, 5.41) is 0. The van der Waals surface area contributed by atoms with Crippen molar-refractivity contribution in [1.82, 2.24) is 4.90 Å². The molecule has 1 unspecified atom stereocenters. The van der Waals surface area contributed by atoms with Gasteiger partial charge in [0.1, 0.15) is 0 Å². The molecule has 2 heteroatoms. The zero-order valence-electron chi connectivity index (χ0n) is 14.6. The lowest BCUT2D eigenvalue weighted by Gasteiger charge is -2.36. The number of nitrogens with zero attached hydrogens (tertiary/aromatic N) is 2. The van der Waals surface area contributed by atoms with Gasteiger partial charge in [0.05, 0.1) is 0 Å². The van der Waals surface area contributed by atoms with Crippen molar-refractivity contribution in [3.8, 4) is 0 Å².